The number of unbranched alkanes of at least 4 members (excludes halogenated alkanes) is 24. The maximum Gasteiger partial charge on any atom is 0.308 e. The van der Waals surface area contributed by atoms with Gasteiger partial charge < -0.3 is 19.5 Å². The van der Waals surface area contributed by atoms with E-state index in [4.69, 9.17) is 9.47 Å². The lowest BCUT2D eigenvalue weighted by atomic mass is 10.0. The molecule has 1 unspecified atom stereocenters. The van der Waals surface area contributed by atoms with Gasteiger partial charge >= 0.3 is 11.9 Å². The molecule has 0 aliphatic rings. The average molecular weight is 752 g/mol. The molecule has 0 saturated heterocycles. The van der Waals surface area contributed by atoms with Gasteiger partial charge in [0.1, 0.15) is 6.10 Å². The van der Waals surface area contributed by atoms with E-state index >= 15 is 0 Å². The summed E-state index contributed by atoms with van der Waals surface area (Å²) in [7, 11) is 0. The van der Waals surface area contributed by atoms with Gasteiger partial charge in [-0.1, -0.05) is 169 Å². The zero-order chi connectivity index (χ0) is 38.9. The Bertz CT molecular complexity index is 745. The molecule has 6 nitrogen and oxygen atoms in total. The van der Waals surface area contributed by atoms with Crippen LogP contribution in [0.2, 0.25) is 0 Å². The minimum atomic E-state index is -0.0444. The highest BCUT2D eigenvalue weighted by molar-refractivity contribution is 5.72. The first-order chi connectivity index (χ1) is 26.0. The van der Waals surface area contributed by atoms with E-state index in [-0.39, 0.29) is 30.6 Å². The summed E-state index contributed by atoms with van der Waals surface area (Å²) in [4.78, 5) is 27.8. The van der Waals surface area contributed by atoms with Gasteiger partial charge in [-0.15, -0.1) is 0 Å². The highest BCUT2D eigenvalue weighted by atomic mass is 16.5. The molecule has 316 valence electrons. The molecule has 0 aromatic rings. The summed E-state index contributed by atoms with van der Waals surface area (Å²) in [6, 6.07) is 0. The van der Waals surface area contributed by atoms with E-state index in [1.807, 2.05) is 0 Å². The van der Waals surface area contributed by atoms with Crippen LogP contribution in [-0.2, 0) is 19.1 Å². The van der Waals surface area contributed by atoms with Crippen LogP contribution in [0.3, 0.4) is 0 Å². The van der Waals surface area contributed by atoms with Crippen molar-refractivity contribution in [2.24, 2.45) is 5.92 Å². The van der Waals surface area contributed by atoms with Gasteiger partial charge in [0.2, 0.25) is 0 Å². The zero-order valence-electron chi connectivity index (χ0n) is 36.3. The molecule has 0 aliphatic heterocycles. The van der Waals surface area contributed by atoms with E-state index in [1.54, 1.807) is 0 Å². The molecule has 1 atom stereocenters. The van der Waals surface area contributed by atoms with Crippen LogP contribution in [0, 0.1) is 5.92 Å². The lowest BCUT2D eigenvalue weighted by Crippen LogP contribution is -2.27. The van der Waals surface area contributed by atoms with Crippen molar-refractivity contribution in [3.05, 3.63) is 0 Å². The van der Waals surface area contributed by atoms with Gasteiger partial charge in [-0.05, 0) is 90.3 Å². The molecule has 0 aromatic carbocycles. The number of hydrogen-bond donors (Lipinski definition) is 1. The van der Waals surface area contributed by atoms with Crippen molar-refractivity contribution in [3.63, 3.8) is 0 Å². The van der Waals surface area contributed by atoms with Crippen molar-refractivity contribution in [1.29, 1.82) is 0 Å². The molecule has 0 aromatic heterocycles. The molecule has 6 heteroatoms. The quantitative estimate of drug-likeness (QED) is 0.0494. The Morgan fingerprint density at radius 3 is 1.38 bits per heavy atom. The Morgan fingerprint density at radius 2 is 0.887 bits per heavy atom. The molecule has 0 spiro atoms. The number of aliphatic hydroxyl groups excluding tert-OH is 1. The lowest BCUT2D eigenvalue weighted by molar-refractivity contribution is -0.154. The summed E-state index contributed by atoms with van der Waals surface area (Å²) in [5.41, 5.74) is 0. The SMILES string of the molecule is CCCCCCCCCCCCOC(=O)CCCCN(CCCCO)CCCCCCC(C)C(=O)OC(CCCCCCCC)CCCCCCCC. The number of carbonyl (C=O) groups excluding carboxylic acids is 2. The molecule has 0 bridgehead atoms. The number of esters is 2. The van der Waals surface area contributed by atoms with Crippen molar-refractivity contribution >= 4 is 11.9 Å². The number of carbonyl (C=O) groups is 2. The van der Waals surface area contributed by atoms with Crippen molar-refractivity contribution < 1.29 is 24.2 Å². The molecule has 53 heavy (non-hydrogen) atoms. The van der Waals surface area contributed by atoms with E-state index in [1.165, 1.54) is 135 Å². The summed E-state index contributed by atoms with van der Waals surface area (Å²) in [5, 5.41) is 9.28. The Kier molecular flexibility index (Phi) is 41.1. The van der Waals surface area contributed by atoms with Crippen molar-refractivity contribution in [2.75, 3.05) is 32.8 Å². The second-order valence-corrected chi connectivity index (χ2v) is 16.4. The Hall–Kier alpha value is -1.14. The third-order valence-electron chi connectivity index (χ3n) is 11.1. The maximum atomic E-state index is 13.1. The van der Waals surface area contributed by atoms with Gasteiger partial charge in [0.25, 0.3) is 0 Å². The highest BCUT2D eigenvalue weighted by Crippen LogP contribution is 2.20. The minimum Gasteiger partial charge on any atom is -0.466 e. The topological polar surface area (TPSA) is 76.1 Å². The predicted octanol–water partition coefficient (Wildman–Crippen LogP) is 13.7. The number of hydrogen-bond acceptors (Lipinski definition) is 6. The number of nitrogens with zero attached hydrogens (tertiary/aromatic N) is 1. The normalized spacial score (nSPS) is 12.2. The molecule has 0 amide bonds. The van der Waals surface area contributed by atoms with Gasteiger partial charge in [-0.3, -0.25) is 9.59 Å². The lowest BCUT2D eigenvalue weighted by Gasteiger charge is -2.22. The zero-order valence-corrected chi connectivity index (χ0v) is 36.3. The largest absolute Gasteiger partial charge is 0.466 e. The third-order valence-corrected chi connectivity index (χ3v) is 11.1. The fourth-order valence-corrected chi connectivity index (χ4v) is 7.34. The fourth-order valence-electron chi connectivity index (χ4n) is 7.34. The summed E-state index contributed by atoms with van der Waals surface area (Å²) in [6.07, 6.45) is 40.1. The molecule has 0 aliphatic carbocycles. The maximum absolute atomic E-state index is 13.1. The van der Waals surface area contributed by atoms with Crippen LogP contribution in [0.15, 0.2) is 0 Å². The number of rotatable bonds is 43. The highest BCUT2D eigenvalue weighted by Gasteiger charge is 2.19. The molecule has 0 radical (unpaired) electrons. The second-order valence-electron chi connectivity index (χ2n) is 16.4. The van der Waals surface area contributed by atoms with Gasteiger partial charge in [-0.2, -0.15) is 0 Å². The Labute approximate surface area is 331 Å². The first-order valence-electron chi connectivity index (χ1n) is 23.7. The van der Waals surface area contributed by atoms with Crippen molar-refractivity contribution in [2.45, 2.75) is 252 Å². The Morgan fingerprint density at radius 1 is 0.491 bits per heavy atom. The summed E-state index contributed by atoms with van der Waals surface area (Å²) < 4.78 is 11.7. The minimum absolute atomic E-state index is 0.0182. The van der Waals surface area contributed by atoms with Crippen LogP contribution < -0.4 is 0 Å². The summed E-state index contributed by atoms with van der Waals surface area (Å²) in [5.74, 6) is -0.0510. The Balaban J connectivity index is 4.24. The average Bonchev–Trinajstić information content (AvgIpc) is 3.15. The number of aliphatic hydroxyl groups is 1. The van der Waals surface area contributed by atoms with Crippen molar-refractivity contribution in [3.8, 4) is 0 Å². The smallest absolute Gasteiger partial charge is 0.308 e. The monoisotopic (exact) mass is 752 g/mol. The first-order valence-corrected chi connectivity index (χ1v) is 23.7. The summed E-state index contributed by atoms with van der Waals surface area (Å²) in [6.45, 7) is 12.7. The van der Waals surface area contributed by atoms with E-state index in [0.29, 0.717) is 13.0 Å². The van der Waals surface area contributed by atoms with Gasteiger partial charge in [0, 0.05) is 13.0 Å². The van der Waals surface area contributed by atoms with E-state index < -0.39 is 0 Å². The first kappa shape index (κ1) is 51.9. The van der Waals surface area contributed by atoms with Crippen LogP contribution >= 0.6 is 0 Å². The van der Waals surface area contributed by atoms with Crippen LogP contribution in [-0.4, -0.2) is 60.9 Å². The van der Waals surface area contributed by atoms with Crippen LogP contribution in [0.4, 0.5) is 0 Å². The third kappa shape index (κ3) is 37.6. The predicted molar refractivity (Wildman–Crippen MR) is 228 cm³/mol. The van der Waals surface area contributed by atoms with Crippen LogP contribution in [0.25, 0.3) is 0 Å². The van der Waals surface area contributed by atoms with Gasteiger partial charge in [0.05, 0.1) is 12.5 Å². The standard InChI is InChI=1S/C47H93NO5/c1-5-8-11-14-17-18-19-20-25-34-43-52-46(50)38-29-31-40-48(41-32-33-42-49)39-30-24-23-26-35-44(4)47(51)53-45(36-27-21-15-12-9-6-2)37-28-22-16-13-10-7-3/h44-45,49H,5-43H2,1-4H3. The molecule has 0 heterocycles. The van der Waals surface area contributed by atoms with E-state index in [9.17, 15) is 14.7 Å². The molecule has 0 rings (SSSR count). The van der Waals surface area contributed by atoms with Crippen LogP contribution in [0.5, 0.6) is 0 Å². The van der Waals surface area contributed by atoms with Crippen molar-refractivity contribution in [1.82, 2.24) is 4.90 Å². The van der Waals surface area contributed by atoms with Gasteiger partial charge in [-0.25, -0.2) is 0 Å². The van der Waals surface area contributed by atoms with E-state index in [0.717, 1.165) is 96.7 Å². The van der Waals surface area contributed by atoms with E-state index in [2.05, 4.69) is 32.6 Å². The second kappa shape index (κ2) is 42.0. The van der Waals surface area contributed by atoms with Crippen LogP contribution in [0.1, 0.15) is 246 Å². The molecule has 0 fully saturated rings. The fraction of sp³-hybridized carbons (Fsp3) is 0.957. The van der Waals surface area contributed by atoms with Gasteiger partial charge in [0.15, 0.2) is 0 Å². The summed E-state index contributed by atoms with van der Waals surface area (Å²) >= 11 is 0. The molecular formula is C47H93NO5. The molecular weight excluding hydrogens is 659 g/mol. The number of ether oxygens (including phenoxy) is 2. The molecule has 1 N–H and O–H groups in total. The molecule has 0 saturated carbocycles.